The lowest BCUT2D eigenvalue weighted by molar-refractivity contribution is 0.455. The molecule has 0 saturated heterocycles. The van der Waals surface area contributed by atoms with Crippen molar-refractivity contribution in [3.05, 3.63) is 94.2 Å². The second-order valence-electron chi connectivity index (χ2n) is 8.90. The van der Waals surface area contributed by atoms with Crippen LogP contribution in [0.5, 0.6) is 5.75 Å². The molecule has 2 heterocycles. The van der Waals surface area contributed by atoms with Crippen LogP contribution in [0.2, 0.25) is 0 Å². The Morgan fingerprint density at radius 2 is 1.76 bits per heavy atom. The van der Waals surface area contributed by atoms with Gasteiger partial charge in [0, 0.05) is 29.7 Å². The molecule has 4 aromatic rings. The summed E-state index contributed by atoms with van der Waals surface area (Å²) in [6, 6.07) is 14.0. The SMILES string of the molecule is CCCCc1[nH]c(=O)c(S(=O)(=O)c2ccc(-c3ccc(F)nc3C)cc2)c(O)c1N(C)c1cccc(F)c1. The summed E-state index contributed by atoms with van der Waals surface area (Å²) in [5, 5.41) is 11.3. The largest absolute Gasteiger partial charge is 0.504 e. The highest BCUT2D eigenvalue weighted by Gasteiger charge is 2.31. The van der Waals surface area contributed by atoms with E-state index in [1.54, 1.807) is 26.1 Å². The van der Waals surface area contributed by atoms with Gasteiger partial charge in [-0.1, -0.05) is 31.5 Å². The van der Waals surface area contributed by atoms with E-state index in [4.69, 9.17) is 0 Å². The summed E-state index contributed by atoms with van der Waals surface area (Å²) in [7, 11) is -2.91. The molecule has 2 N–H and O–H groups in total. The molecule has 7 nitrogen and oxygen atoms in total. The molecule has 0 spiro atoms. The predicted molar refractivity (Wildman–Crippen MR) is 142 cm³/mol. The van der Waals surface area contributed by atoms with Crippen LogP contribution in [0, 0.1) is 18.7 Å². The van der Waals surface area contributed by atoms with Crippen LogP contribution in [0.4, 0.5) is 20.2 Å². The summed E-state index contributed by atoms with van der Waals surface area (Å²) in [5.74, 6) is -1.84. The fraction of sp³-hybridized carbons (Fsp3) is 0.214. The van der Waals surface area contributed by atoms with Crippen LogP contribution in [0.15, 0.2) is 75.2 Å². The van der Waals surface area contributed by atoms with Gasteiger partial charge in [-0.15, -0.1) is 0 Å². The molecule has 10 heteroatoms. The first kappa shape index (κ1) is 27.0. The number of aromatic hydroxyl groups is 1. The maximum atomic E-state index is 13.9. The van der Waals surface area contributed by atoms with E-state index >= 15 is 0 Å². The molecule has 0 saturated carbocycles. The van der Waals surface area contributed by atoms with Gasteiger partial charge in [-0.05, 0) is 67.8 Å². The number of nitrogens with one attached hydrogen (secondary N) is 1. The lowest BCUT2D eigenvalue weighted by atomic mass is 10.1. The second kappa shape index (κ2) is 10.7. The number of unbranched alkanes of at least 4 members (excludes halogenated alkanes) is 1. The zero-order chi connectivity index (χ0) is 27.6. The van der Waals surface area contributed by atoms with Crippen LogP contribution in [-0.2, 0) is 16.3 Å². The summed E-state index contributed by atoms with van der Waals surface area (Å²) in [4.78, 5) is 19.9. The first-order valence-electron chi connectivity index (χ1n) is 12.0. The van der Waals surface area contributed by atoms with Crippen molar-refractivity contribution in [3.8, 4) is 16.9 Å². The molecule has 0 fully saturated rings. The molecule has 0 atom stereocenters. The van der Waals surface area contributed by atoms with Crippen molar-refractivity contribution in [3.63, 3.8) is 0 Å². The first-order valence-corrected chi connectivity index (χ1v) is 13.5. The van der Waals surface area contributed by atoms with E-state index in [-0.39, 0.29) is 10.6 Å². The average Bonchev–Trinajstić information content (AvgIpc) is 2.87. The number of aryl methyl sites for hydroxylation is 2. The van der Waals surface area contributed by atoms with Crippen LogP contribution >= 0.6 is 0 Å². The number of benzene rings is 2. The lowest BCUT2D eigenvalue weighted by Crippen LogP contribution is -2.24. The maximum absolute atomic E-state index is 13.9. The van der Waals surface area contributed by atoms with Crippen molar-refractivity contribution in [1.82, 2.24) is 9.97 Å². The van der Waals surface area contributed by atoms with E-state index in [0.29, 0.717) is 41.0 Å². The number of aromatic amines is 1. The number of pyridine rings is 2. The first-order chi connectivity index (χ1) is 18.0. The molecule has 0 aliphatic rings. The molecule has 0 aliphatic heterocycles. The summed E-state index contributed by atoms with van der Waals surface area (Å²) >= 11 is 0. The van der Waals surface area contributed by atoms with E-state index in [9.17, 15) is 27.1 Å². The van der Waals surface area contributed by atoms with Crippen LogP contribution in [-0.4, -0.2) is 30.5 Å². The van der Waals surface area contributed by atoms with Crippen molar-refractivity contribution in [2.24, 2.45) is 0 Å². The molecule has 4 rings (SSSR count). The molecule has 2 aromatic carbocycles. The molecule has 0 radical (unpaired) electrons. The highest BCUT2D eigenvalue weighted by molar-refractivity contribution is 7.91. The summed E-state index contributed by atoms with van der Waals surface area (Å²) in [5.41, 5.74) is 1.49. The van der Waals surface area contributed by atoms with Gasteiger partial charge in [-0.3, -0.25) is 4.79 Å². The number of H-pyrrole nitrogens is 1. The molecule has 0 unspecified atom stereocenters. The lowest BCUT2D eigenvalue weighted by Gasteiger charge is -2.24. The van der Waals surface area contributed by atoms with E-state index in [0.717, 1.165) is 6.42 Å². The Morgan fingerprint density at radius 3 is 2.39 bits per heavy atom. The Bertz CT molecular complexity index is 1650. The number of rotatable bonds is 8. The third-order valence-corrected chi connectivity index (χ3v) is 8.11. The highest BCUT2D eigenvalue weighted by Crippen LogP contribution is 2.39. The normalized spacial score (nSPS) is 11.5. The number of nitrogens with zero attached hydrogens (tertiary/aromatic N) is 2. The summed E-state index contributed by atoms with van der Waals surface area (Å²) in [6.07, 6.45) is 1.83. The van der Waals surface area contributed by atoms with Gasteiger partial charge in [0.25, 0.3) is 5.56 Å². The van der Waals surface area contributed by atoms with Gasteiger partial charge in [-0.2, -0.15) is 4.39 Å². The van der Waals surface area contributed by atoms with Gasteiger partial charge in [0.1, 0.15) is 11.5 Å². The van der Waals surface area contributed by atoms with Crippen LogP contribution in [0.3, 0.4) is 0 Å². The number of aromatic nitrogens is 2. The third-order valence-electron chi connectivity index (χ3n) is 6.30. The maximum Gasteiger partial charge on any atom is 0.271 e. The fourth-order valence-corrected chi connectivity index (χ4v) is 5.71. The Labute approximate surface area is 219 Å². The zero-order valence-corrected chi connectivity index (χ0v) is 21.9. The third kappa shape index (κ3) is 5.17. The monoisotopic (exact) mass is 539 g/mol. The molecule has 198 valence electrons. The highest BCUT2D eigenvalue weighted by atomic mass is 32.2. The van der Waals surface area contributed by atoms with Crippen molar-refractivity contribution >= 4 is 21.2 Å². The van der Waals surface area contributed by atoms with Gasteiger partial charge < -0.3 is 15.0 Å². The van der Waals surface area contributed by atoms with E-state index < -0.39 is 37.8 Å². The number of anilines is 2. The average molecular weight is 540 g/mol. The summed E-state index contributed by atoms with van der Waals surface area (Å²) in [6.45, 7) is 3.59. The molecule has 0 amide bonds. The van der Waals surface area contributed by atoms with Crippen LogP contribution in [0.25, 0.3) is 11.1 Å². The van der Waals surface area contributed by atoms with Crippen molar-refractivity contribution in [2.75, 3.05) is 11.9 Å². The molecular formula is C28H27F2N3O4S. The van der Waals surface area contributed by atoms with Gasteiger partial charge >= 0.3 is 0 Å². The Balaban J connectivity index is 1.83. The van der Waals surface area contributed by atoms with Crippen LogP contribution in [0.1, 0.15) is 31.2 Å². The molecular weight excluding hydrogens is 512 g/mol. The minimum Gasteiger partial charge on any atom is -0.504 e. The smallest absolute Gasteiger partial charge is 0.271 e. The molecule has 2 aromatic heterocycles. The number of halogens is 2. The Kier molecular flexibility index (Phi) is 7.63. The standard InChI is InChI=1S/C28H27F2N3O4S/c1-4-5-9-23-25(33(3)20-8-6-7-19(29)16-20)26(34)27(28(35)32-23)38(36,37)21-12-10-18(11-13-21)22-14-15-24(30)31-17(22)2/h6-8,10-16H,4-5,9H2,1-3H3,(H2,32,34,35). The minimum atomic E-state index is -4.47. The Hall–Kier alpha value is -4.05. The quantitative estimate of drug-likeness (QED) is 0.280. The molecule has 0 aliphatic carbocycles. The fourth-order valence-electron chi connectivity index (χ4n) is 4.34. The minimum absolute atomic E-state index is 0.0758. The summed E-state index contributed by atoms with van der Waals surface area (Å²) < 4.78 is 54.5. The predicted octanol–water partition coefficient (Wildman–Crippen LogP) is 5.67. The van der Waals surface area contributed by atoms with Crippen molar-refractivity contribution in [2.45, 2.75) is 42.9 Å². The van der Waals surface area contributed by atoms with Gasteiger partial charge in [0.05, 0.1) is 4.90 Å². The number of hydrogen-bond donors (Lipinski definition) is 2. The van der Waals surface area contributed by atoms with Gasteiger partial charge in [0.15, 0.2) is 10.6 Å². The van der Waals surface area contributed by atoms with E-state index in [1.165, 1.54) is 53.4 Å². The second-order valence-corrected chi connectivity index (χ2v) is 10.8. The number of sulfone groups is 1. The zero-order valence-electron chi connectivity index (χ0n) is 21.1. The Morgan fingerprint density at radius 1 is 1.05 bits per heavy atom. The van der Waals surface area contributed by atoms with Crippen molar-refractivity contribution in [1.29, 1.82) is 0 Å². The molecule has 38 heavy (non-hydrogen) atoms. The van der Waals surface area contributed by atoms with E-state index in [1.807, 2.05) is 6.92 Å². The van der Waals surface area contributed by atoms with Gasteiger partial charge in [0.2, 0.25) is 15.8 Å². The van der Waals surface area contributed by atoms with Gasteiger partial charge in [-0.25, -0.2) is 17.8 Å². The van der Waals surface area contributed by atoms with Crippen molar-refractivity contribution < 1.29 is 22.3 Å². The topological polar surface area (TPSA) is 103 Å². The number of hydrogen-bond acceptors (Lipinski definition) is 6. The molecule has 0 bridgehead atoms. The van der Waals surface area contributed by atoms with E-state index in [2.05, 4.69) is 9.97 Å². The van der Waals surface area contributed by atoms with Crippen LogP contribution < -0.4 is 10.5 Å².